The zero-order valence-corrected chi connectivity index (χ0v) is 12.3. The maximum atomic E-state index is 12.3. The van der Waals surface area contributed by atoms with Gasteiger partial charge in [0.2, 0.25) is 0 Å². The minimum absolute atomic E-state index is 0.146. The summed E-state index contributed by atoms with van der Waals surface area (Å²) in [6.45, 7) is 6.05. The Morgan fingerprint density at radius 1 is 1.28 bits per heavy atom. The molecule has 0 aromatic heterocycles. The number of ether oxygens (including phenoxy) is 1. The van der Waals surface area contributed by atoms with Gasteiger partial charge in [-0.1, -0.05) is 26.7 Å². The summed E-state index contributed by atoms with van der Waals surface area (Å²) < 4.78 is 5.22. The number of methoxy groups -OCH3 is 1. The van der Waals surface area contributed by atoms with E-state index in [2.05, 4.69) is 18.7 Å². The second-order valence-corrected chi connectivity index (χ2v) is 5.28. The Hall–Kier alpha value is -0.410. The average Bonchev–Trinajstić information content (AvgIpc) is 2.59. The second-order valence-electron chi connectivity index (χ2n) is 5.28. The Bertz CT molecular complexity index is 239. The van der Waals surface area contributed by atoms with E-state index < -0.39 is 0 Å². The molecule has 0 saturated heterocycles. The number of hydrogen-bond acceptors (Lipinski definition) is 3. The van der Waals surface area contributed by atoms with E-state index in [1.807, 2.05) is 0 Å². The highest BCUT2D eigenvalue weighted by molar-refractivity contribution is 5.84. The second kappa shape index (κ2) is 8.65. The van der Waals surface area contributed by atoms with Gasteiger partial charge in [-0.3, -0.25) is 9.69 Å². The fraction of sp³-hybridized carbons (Fsp3) is 0.933. The molecule has 0 aromatic rings. The van der Waals surface area contributed by atoms with Crippen molar-refractivity contribution < 1.29 is 9.53 Å². The summed E-state index contributed by atoms with van der Waals surface area (Å²) in [5, 5.41) is 0. The molecule has 1 saturated carbocycles. The molecular weight excluding hydrogens is 226 g/mol. The van der Waals surface area contributed by atoms with Crippen LogP contribution < -0.4 is 0 Å². The lowest BCUT2D eigenvalue weighted by Crippen LogP contribution is -2.48. The summed E-state index contributed by atoms with van der Waals surface area (Å²) in [5.74, 6) is 0.454. The number of ketones is 1. The monoisotopic (exact) mass is 255 g/mol. The van der Waals surface area contributed by atoms with Gasteiger partial charge in [-0.15, -0.1) is 0 Å². The molecule has 0 heterocycles. The number of Topliss-reactive ketones (excluding diaryl/α,β-unsaturated/α-hetero) is 1. The van der Waals surface area contributed by atoms with Crippen molar-refractivity contribution in [3.8, 4) is 0 Å². The van der Waals surface area contributed by atoms with Crippen LogP contribution in [0.5, 0.6) is 0 Å². The van der Waals surface area contributed by atoms with E-state index in [4.69, 9.17) is 4.74 Å². The smallest absolute Gasteiger partial charge is 0.149 e. The Balaban J connectivity index is 2.74. The molecule has 18 heavy (non-hydrogen) atoms. The molecule has 0 spiro atoms. The molecule has 3 nitrogen and oxygen atoms in total. The zero-order valence-electron chi connectivity index (χ0n) is 12.3. The van der Waals surface area contributed by atoms with E-state index in [0.717, 1.165) is 45.3 Å². The maximum absolute atomic E-state index is 12.3. The maximum Gasteiger partial charge on any atom is 0.149 e. The van der Waals surface area contributed by atoms with Gasteiger partial charge in [-0.05, 0) is 25.7 Å². The van der Waals surface area contributed by atoms with Crippen LogP contribution in [0, 0.1) is 0 Å². The summed E-state index contributed by atoms with van der Waals surface area (Å²) >= 11 is 0. The first-order chi connectivity index (χ1) is 8.74. The Labute approximate surface area is 112 Å². The minimum Gasteiger partial charge on any atom is -0.383 e. The van der Waals surface area contributed by atoms with Crippen LogP contribution in [0.4, 0.5) is 0 Å². The molecule has 0 aliphatic heterocycles. The Morgan fingerprint density at radius 3 is 2.61 bits per heavy atom. The van der Waals surface area contributed by atoms with Crippen molar-refractivity contribution >= 4 is 5.78 Å². The van der Waals surface area contributed by atoms with Crippen LogP contribution in [0.1, 0.15) is 58.8 Å². The fourth-order valence-corrected chi connectivity index (χ4v) is 3.04. The fourth-order valence-electron chi connectivity index (χ4n) is 3.04. The molecule has 1 fully saturated rings. The topological polar surface area (TPSA) is 29.5 Å². The van der Waals surface area contributed by atoms with E-state index in [9.17, 15) is 4.79 Å². The van der Waals surface area contributed by atoms with Gasteiger partial charge in [-0.2, -0.15) is 0 Å². The van der Waals surface area contributed by atoms with E-state index in [1.165, 1.54) is 12.8 Å². The third-order valence-corrected chi connectivity index (χ3v) is 4.14. The minimum atomic E-state index is 0.146. The van der Waals surface area contributed by atoms with E-state index in [-0.39, 0.29) is 6.04 Å². The van der Waals surface area contributed by atoms with Crippen molar-refractivity contribution in [3.05, 3.63) is 0 Å². The molecule has 0 aromatic carbocycles. The Morgan fingerprint density at radius 2 is 2.00 bits per heavy atom. The summed E-state index contributed by atoms with van der Waals surface area (Å²) in [6, 6.07) is 0.666. The lowest BCUT2D eigenvalue weighted by atomic mass is 10.0. The molecule has 1 rings (SSSR count). The lowest BCUT2D eigenvalue weighted by Gasteiger charge is -2.36. The van der Waals surface area contributed by atoms with Crippen LogP contribution in [0.25, 0.3) is 0 Å². The van der Waals surface area contributed by atoms with Crippen LogP contribution in [0.3, 0.4) is 0 Å². The molecule has 1 aliphatic carbocycles. The third kappa shape index (κ3) is 4.36. The van der Waals surface area contributed by atoms with Crippen molar-refractivity contribution in [3.63, 3.8) is 0 Å². The summed E-state index contributed by atoms with van der Waals surface area (Å²) in [7, 11) is 1.74. The number of carbonyl (C=O) groups excluding carboxylic acids is 1. The van der Waals surface area contributed by atoms with Crippen molar-refractivity contribution in [2.45, 2.75) is 70.9 Å². The third-order valence-electron chi connectivity index (χ3n) is 4.14. The molecular formula is C15H29NO2. The molecule has 0 N–H and O–H groups in total. The Kier molecular flexibility index (Phi) is 7.52. The molecule has 3 heteroatoms. The van der Waals surface area contributed by atoms with Crippen LogP contribution in [0.2, 0.25) is 0 Å². The van der Waals surface area contributed by atoms with Crippen LogP contribution in [-0.2, 0) is 9.53 Å². The molecule has 1 unspecified atom stereocenters. The SMILES string of the molecule is CCC(CC)N(CCOC)C1CCCCCC1=O. The molecule has 0 radical (unpaired) electrons. The number of nitrogens with zero attached hydrogens (tertiary/aromatic N) is 1. The van der Waals surface area contributed by atoms with E-state index in [0.29, 0.717) is 11.8 Å². The molecule has 1 aliphatic rings. The number of hydrogen-bond donors (Lipinski definition) is 0. The summed E-state index contributed by atoms with van der Waals surface area (Å²) in [4.78, 5) is 14.7. The lowest BCUT2D eigenvalue weighted by molar-refractivity contribution is -0.125. The summed E-state index contributed by atoms with van der Waals surface area (Å²) in [5.41, 5.74) is 0. The van der Waals surface area contributed by atoms with Gasteiger partial charge in [-0.25, -0.2) is 0 Å². The summed E-state index contributed by atoms with van der Waals surface area (Å²) in [6.07, 6.45) is 7.53. The van der Waals surface area contributed by atoms with Gasteiger partial charge < -0.3 is 4.74 Å². The van der Waals surface area contributed by atoms with Crippen LogP contribution >= 0.6 is 0 Å². The van der Waals surface area contributed by atoms with Crippen molar-refractivity contribution in [2.75, 3.05) is 20.3 Å². The predicted molar refractivity (Wildman–Crippen MR) is 74.8 cm³/mol. The van der Waals surface area contributed by atoms with Crippen LogP contribution in [-0.4, -0.2) is 43.0 Å². The molecule has 106 valence electrons. The highest BCUT2D eigenvalue weighted by atomic mass is 16.5. The highest BCUT2D eigenvalue weighted by Crippen LogP contribution is 2.23. The van der Waals surface area contributed by atoms with Crippen molar-refractivity contribution in [1.29, 1.82) is 0 Å². The van der Waals surface area contributed by atoms with Gasteiger partial charge in [0.15, 0.2) is 0 Å². The predicted octanol–water partition coefficient (Wildman–Crippen LogP) is 3.03. The number of rotatable bonds is 7. The van der Waals surface area contributed by atoms with Gasteiger partial charge in [0.05, 0.1) is 12.6 Å². The van der Waals surface area contributed by atoms with Gasteiger partial charge >= 0.3 is 0 Å². The van der Waals surface area contributed by atoms with Gasteiger partial charge in [0, 0.05) is 26.1 Å². The van der Waals surface area contributed by atoms with Crippen molar-refractivity contribution in [1.82, 2.24) is 4.90 Å². The van der Waals surface area contributed by atoms with Gasteiger partial charge in [0.25, 0.3) is 0 Å². The van der Waals surface area contributed by atoms with E-state index >= 15 is 0 Å². The average molecular weight is 255 g/mol. The molecule has 0 amide bonds. The zero-order chi connectivity index (χ0) is 13.4. The van der Waals surface area contributed by atoms with Crippen LogP contribution in [0.15, 0.2) is 0 Å². The van der Waals surface area contributed by atoms with Crippen molar-refractivity contribution in [2.24, 2.45) is 0 Å². The van der Waals surface area contributed by atoms with Gasteiger partial charge in [0.1, 0.15) is 5.78 Å². The molecule has 1 atom stereocenters. The highest BCUT2D eigenvalue weighted by Gasteiger charge is 2.30. The molecule has 0 bridgehead atoms. The standard InChI is InChI=1S/C15H29NO2/c1-4-13(5-2)16(11-12-18-3)14-9-7-6-8-10-15(14)17/h13-14H,4-12H2,1-3H3. The normalized spacial score (nSPS) is 21.6. The first-order valence-electron chi connectivity index (χ1n) is 7.51. The first-order valence-corrected chi connectivity index (χ1v) is 7.51. The van der Waals surface area contributed by atoms with E-state index in [1.54, 1.807) is 7.11 Å². The number of carbonyl (C=O) groups is 1. The first kappa shape index (κ1) is 15.6. The largest absolute Gasteiger partial charge is 0.383 e. The quantitative estimate of drug-likeness (QED) is 0.655.